The Hall–Kier alpha value is -3.19. The SMILES string of the molecule is COCCN(CCc1ccncc1)C(=O)Nc1cn(CC(C)C)c(=O)c2ccccc12. The Morgan fingerprint density at radius 3 is 2.52 bits per heavy atom. The zero-order valence-corrected chi connectivity index (χ0v) is 18.4. The predicted octanol–water partition coefficient (Wildman–Crippen LogP) is 3.78. The van der Waals surface area contributed by atoms with E-state index in [1.165, 1.54) is 0 Å². The van der Waals surface area contributed by atoms with Crippen LogP contribution in [-0.2, 0) is 17.7 Å². The highest BCUT2D eigenvalue weighted by Crippen LogP contribution is 2.21. The molecule has 164 valence electrons. The highest BCUT2D eigenvalue weighted by Gasteiger charge is 2.17. The first-order valence-corrected chi connectivity index (χ1v) is 10.6. The Morgan fingerprint density at radius 2 is 1.84 bits per heavy atom. The van der Waals surface area contributed by atoms with Gasteiger partial charge in [0.25, 0.3) is 5.56 Å². The van der Waals surface area contributed by atoms with E-state index < -0.39 is 0 Å². The first-order valence-electron chi connectivity index (χ1n) is 10.6. The molecule has 2 aromatic heterocycles. The number of aromatic nitrogens is 2. The Kier molecular flexibility index (Phi) is 7.78. The molecule has 0 spiro atoms. The first kappa shape index (κ1) is 22.5. The van der Waals surface area contributed by atoms with Gasteiger partial charge >= 0.3 is 6.03 Å². The first-order chi connectivity index (χ1) is 15.0. The molecular formula is C24H30N4O3. The topological polar surface area (TPSA) is 76.5 Å². The Morgan fingerprint density at radius 1 is 1.13 bits per heavy atom. The summed E-state index contributed by atoms with van der Waals surface area (Å²) in [4.78, 5) is 31.8. The van der Waals surface area contributed by atoms with E-state index in [1.54, 1.807) is 41.2 Å². The third-order valence-corrected chi connectivity index (χ3v) is 5.07. The van der Waals surface area contributed by atoms with Gasteiger partial charge in [0.1, 0.15) is 0 Å². The van der Waals surface area contributed by atoms with E-state index in [9.17, 15) is 9.59 Å². The second kappa shape index (κ2) is 10.7. The van der Waals surface area contributed by atoms with E-state index in [0.717, 1.165) is 10.9 Å². The number of carbonyl (C=O) groups is 1. The smallest absolute Gasteiger partial charge is 0.321 e. The lowest BCUT2D eigenvalue weighted by molar-refractivity contribution is 0.156. The van der Waals surface area contributed by atoms with Gasteiger partial charge in [-0.25, -0.2) is 4.79 Å². The normalized spacial score (nSPS) is 11.1. The van der Waals surface area contributed by atoms with Crippen LogP contribution in [0.25, 0.3) is 10.8 Å². The average Bonchev–Trinajstić information content (AvgIpc) is 2.77. The van der Waals surface area contributed by atoms with Crippen molar-refractivity contribution < 1.29 is 9.53 Å². The number of nitrogens with one attached hydrogen (secondary N) is 1. The summed E-state index contributed by atoms with van der Waals surface area (Å²) in [5.74, 6) is 0.306. The van der Waals surface area contributed by atoms with E-state index in [1.807, 2.05) is 30.3 Å². The summed E-state index contributed by atoms with van der Waals surface area (Å²) in [6, 6.07) is 11.1. The zero-order chi connectivity index (χ0) is 22.2. The number of ether oxygens (including phenoxy) is 1. The van der Waals surface area contributed by atoms with Crippen molar-refractivity contribution in [3.8, 4) is 0 Å². The van der Waals surface area contributed by atoms with E-state index in [-0.39, 0.29) is 11.6 Å². The van der Waals surface area contributed by atoms with Gasteiger partial charge in [0, 0.05) is 56.1 Å². The molecule has 2 heterocycles. The summed E-state index contributed by atoms with van der Waals surface area (Å²) in [5, 5.41) is 4.37. The Labute approximate surface area is 182 Å². The van der Waals surface area contributed by atoms with Crippen LogP contribution in [0.3, 0.4) is 0 Å². The van der Waals surface area contributed by atoms with Crippen molar-refractivity contribution in [1.29, 1.82) is 0 Å². The maximum atomic E-state index is 13.2. The van der Waals surface area contributed by atoms with Crippen LogP contribution in [0.2, 0.25) is 0 Å². The molecule has 3 aromatic rings. The van der Waals surface area contributed by atoms with E-state index in [2.05, 4.69) is 24.1 Å². The third kappa shape index (κ3) is 5.92. The van der Waals surface area contributed by atoms with Gasteiger partial charge in [0.05, 0.1) is 12.3 Å². The van der Waals surface area contributed by atoms with Crippen LogP contribution in [0.4, 0.5) is 10.5 Å². The van der Waals surface area contributed by atoms with E-state index in [4.69, 9.17) is 4.74 Å². The molecule has 7 nitrogen and oxygen atoms in total. The Bertz CT molecular complexity index is 1060. The lowest BCUT2D eigenvalue weighted by Gasteiger charge is -2.24. The van der Waals surface area contributed by atoms with Gasteiger partial charge in [-0.1, -0.05) is 32.0 Å². The second-order valence-corrected chi connectivity index (χ2v) is 7.96. The van der Waals surface area contributed by atoms with Crippen molar-refractivity contribution in [2.24, 2.45) is 5.92 Å². The lowest BCUT2D eigenvalue weighted by Crippen LogP contribution is -2.39. The van der Waals surface area contributed by atoms with Gasteiger partial charge in [-0.3, -0.25) is 9.78 Å². The highest BCUT2D eigenvalue weighted by molar-refractivity contribution is 6.00. The fourth-order valence-electron chi connectivity index (χ4n) is 3.50. The molecule has 0 saturated heterocycles. The van der Waals surface area contributed by atoms with Gasteiger partial charge in [-0.2, -0.15) is 0 Å². The monoisotopic (exact) mass is 422 g/mol. The molecule has 0 radical (unpaired) electrons. The second-order valence-electron chi connectivity index (χ2n) is 7.96. The highest BCUT2D eigenvalue weighted by atomic mass is 16.5. The minimum Gasteiger partial charge on any atom is -0.383 e. The molecule has 0 unspecified atom stereocenters. The van der Waals surface area contributed by atoms with Gasteiger partial charge in [0.15, 0.2) is 0 Å². The van der Waals surface area contributed by atoms with Gasteiger partial charge in [-0.05, 0) is 36.1 Å². The standard InChI is InChI=1S/C24H30N4O3/c1-18(2)16-28-17-22(20-6-4-5-7-21(20)23(28)29)26-24(30)27(14-15-31-3)13-10-19-8-11-25-12-9-19/h4-9,11-12,17-18H,10,13-16H2,1-3H3,(H,26,30). The molecule has 0 atom stereocenters. The fraction of sp³-hybridized carbons (Fsp3) is 0.375. The van der Waals surface area contributed by atoms with Crippen molar-refractivity contribution >= 4 is 22.5 Å². The maximum Gasteiger partial charge on any atom is 0.321 e. The summed E-state index contributed by atoms with van der Waals surface area (Å²) < 4.78 is 6.88. The number of fused-ring (bicyclic) bond motifs is 1. The molecule has 0 fully saturated rings. The molecule has 0 saturated carbocycles. The predicted molar refractivity (Wildman–Crippen MR) is 123 cm³/mol. The van der Waals surface area contributed by atoms with E-state index >= 15 is 0 Å². The number of methoxy groups -OCH3 is 1. The molecule has 2 amide bonds. The van der Waals surface area contributed by atoms with Crippen molar-refractivity contribution in [3.63, 3.8) is 0 Å². The summed E-state index contributed by atoms with van der Waals surface area (Å²) in [6.07, 6.45) is 5.96. The summed E-state index contributed by atoms with van der Waals surface area (Å²) in [6.45, 7) is 6.16. The molecule has 0 bridgehead atoms. The van der Waals surface area contributed by atoms with E-state index in [0.29, 0.717) is 49.7 Å². The number of rotatable bonds is 9. The molecule has 0 aliphatic carbocycles. The summed E-state index contributed by atoms with van der Waals surface area (Å²) >= 11 is 0. The molecule has 7 heteroatoms. The minimum atomic E-state index is -0.217. The largest absolute Gasteiger partial charge is 0.383 e. The number of nitrogens with zero attached hydrogens (tertiary/aromatic N) is 3. The fourth-order valence-corrected chi connectivity index (χ4v) is 3.50. The van der Waals surface area contributed by atoms with Crippen LogP contribution < -0.4 is 10.9 Å². The molecule has 0 aliphatic heterocycles. The zero-order valence-electron chi connectivity index (χ0n) is 18.4. The van der Waals surface area contributed by atoms with Crippen molar-refractivity contribution in [1.82, 2.24) is 14.5 Å². The lowest BCUT2D eigenvalue weighted by atomic mass is 10.1. The minimum absolute atomic E-state index is 0.0452. The van der Waals surface area contributed by atoms with Gasteiger partial charge < -0.3 is 19.5 Å². The average molecular weight is 423 g/mol. The number of urea groups is 1. The number of benzene rings is 1. The number of amides is 2. The van der Waals surface area contributed by atoms with Crippen LogP contribution >= 0.6 is 0 Å². The molecule has 1 N–H and O–H groups in total. The van der Waals surface area contributed by atoms with Crippen LogP contribution in [0.1, 0.15) is 19.4 Å². The Balaban J connectivity index is 1.86. The molecule has 0 aliphatic rings. The number of hydrogen-bond acceptors (Lipinski definition) is 4. The molecular weight excluding hydrogens is 392 g/mol. The summed E-state index contributed by atoms with van der Waals surface area (Å²) in [7, 11) is 1.62. The molecule has 31 heavy (non-hydrogen) atoms. The molecule has 3 rings (SSSR count). The van der Waals surface area contributed by atoms with Crippen molar-refractivity contribution in [2.45, 2.75) is 26.8 Å². The van der Waals surface area contributed by atoms with Crippen LogP contribution in [0, 0.1) is 5.92 Å². The van der Waals surface area contributed by atoms with Crippen molar-refractivity contribution in [2.75, 3.05) is 32.1 Å². The maximum absolute atomic E-state index is 13.2. The number of hydrogen-bond donors (Lipinski definition) is 1. The summed E-state index contributed by atoms with van der Waals surface area (Å²) in [5.41, 5.74) is 1.70. The number of anilines is 1. The van der Waals surface area contributed by atoms with Gasteiger partial charge in [-0.15, -0.1) is 0 Å². The number of carbonyl (C=O) groups excluding carboxylic acids is 1. The third-order valence-electron chi connectivity index (χ3n) is 5.07. The quantitative estimate of drug-likeness (QED) is 0.569. The van der Waals surface area contributed by atoms with Gasteiger partial charge in [0.2, 0.25) is 0 Å². The van der Waals surface area contributed by atoms with Crippen LogP contribution in [0.5, 0.6) is 0 Å². The number of pyridine rings is 2. The van der Waals surface area contributed by atoms with Crippen molar-refractivity contribution in [3.05, 3.63) is 70.9 Å². The van der Waals surface area contributed by atoms with Crippen LogP contribution in [-0.4, -0.2) is 47.3 Å². The molecule has 1 aromatic carbocycles. The van der Waals surface area contributed by atoms with Crippen LogP contribution in [0.15, 0.2) is 59.8 Å².